The molecule has 10 aromatic rings. The Morgan fingerprint density at radius 1 is 0.269 bits per heavy atom. The number of hydrogen-bond donors (Lipinski definition) is 0. The Kier molecular flexibility index (Phi) is 7.03. The number of para-hydroxylation sites is 4. The molecule has 0 radical (unpaired) electrons. The van der Waals surface area contributed by atoms with Gasteiger partial charge in [0.1, 0.15) is 0 Å². The van der Waals surface area contributed by atoms with E-state index < -0.39 is 0 Å². The molecule has 6 heterocycles. The van der Waals surface area contributed by atoms with Crippen LogP contribution < -0.4 is 57.7 Å². The van der Waals surface area contributed by atoms with Crippen molar-refractivity contribution in [1.82, 2.24) is 0 Å². The van der Waals surface area contributed by atoms with E-state index in [9.17, 15) is 0 Å². The number of anilines is 10. The molecule has 0 spiro atoms. The molecule has 0 saturated heterocycles. The van der Waals surface area contributed by atoms with Crippen molar-refractivity contribution in [3.05, 3.63) is 224 Å². The molecule has 0 aromatic heterocycles. The monoisotopic (exact) mass is 846 g/mol. The van der Waals surface area contributed by atoms with E-state index in [1.807, 2.05) is 0 Å². The lowest BCUT2D eigenvalue weighted by atomic mass is 9.28. The number of nitrogens with zero attached hydrogens (tertiary/aromatic N) is 4. The highest BCUT2D eigenvalue weighted by atomic mass is 15.2. The molecular weight excluding hydrogens is 809 g/mol. The van der Waals surface area contributed by atoms with Gasteiger partial charge in [0.2, 0.25) is 0 Å². The van der Waals surface area contributed by atoms with Gasteiger partial charge in [-0.1, -0.05) is 164 Å². The van der Waals surface area contributed by atoms with E-state index >= 15 is 0 Å². The summed E-state index contributed by atoms with van der Waals surface area (Å²) >= 11 is 0. The van der Waals surface area contributed by atoms with Crippen LogP contribution in [0.4, 0.5) is 56.9 Å². The summed E-state index contributed by atoms with van der Waals surface area (Å²) in [5.41, 5.74) is 29.6. The number of hydrogen-bond acceptors (Lipinski definition) is 4. The van der Waals surface area contributed by atoms with Crippen LogP contribution in [0.15, 0.2) is 224 Å². The third-order valence-electron chi connectivity index (χ3n) is 15.5. The Balaban J connectivity index is 1.12. The van der Waals surface area contributed by atoms with Crippen molar-refractivity contribution in [2.75, 3.05) is 19.4 Å². The topological polar surface area (TPSA) is 13.0 Å². The van der Waals surface area contributed by atoms with Gasteiger partial charge in [0.25, 0.3) is 6.71 Å². The lowest BCUT2D eigenvalue weighted by molar-refractivity contribution is 1.23. The highest BCUT2D eigenvalue weighted by Gasteiger charge is 2.58. The van der Waals surface area contributed by atoms with Crippen molar-refractivity contribution in [2.24, 2.45) is 0 Å². The van der Waals surface area contributed by atoms with Gasteiger partial charge in [-0.15, -0.1) is 0 Å². The molecule has 0 fully saturated rings. The minimum atomic E-state index is -0.0819. The van der Waals surface area contributed by atoms with Crippen molar-refractivity contribution in [1.29, 1.82) is 0 Å². The van der Waals surface area contributed by atoms with Crippen LogP contribution in [0.5, 0.6) is 0 Å². The maximum absolute atomic E-state index is 2.67. The largest absolute Gasteiger partial charge is 0.376 e. The van der Waals surface area contributed by atoms with Gasteiger partial charge >= 0.3 is 13.7 Å². The van der Waals surface area contributed by atoms with Crippen LogP contribution in [0.3, 0.4) is 0 Å². The molecule has 6 aliphatic rings. The summed E-state index contributed by atoms with van der Waals surface area (Å²) in [6, 6.07) is 84.3. The van der Waals surface area contributed by atoms with Crippen LogP contribution in [0.25, 0.3) is 33.4 Å². The van der Waals surface area contributed by atoms with E-state index in [1.54, 1.807) is 0 Å². The van der Waals surface area contributed by atoms with E-state index in [2.05, 4.69) is 244 Å². The SMILES string of the molecule is c1ccc(-c2ccc3c(c2)B2c4cc(-c5ccccc5)ccc4N4c5ccccc5B5c6c7c8c(c2c64)N3c2ccccc2B8N(c2ccccc2)c2cccc(c2-7)N5c2ccccc2)cc1. The molecule has 0 bridgehead atoms. The third kappa shape index (κ3) is 4.56. The van der Waals surface area contributed by atoms with Gasteiger partial charge in [0, 0.05) is 62.4 Å². The van der Waals surface area contributed by atoms with E-state index in [4.69, 9.17) is 0 Å². The Morgan fingerprint density at radius 3 is 1.12 bits per heavy atom. The minimum Gasteiger partial charge on any atom is -0.376 e. The van der Waals surface area contributed by atoms with Crippen molar-refractivity contribution in [3.8, 4) is 33.4 Å². The molecule has 0 amide bonds. The van der Waals surface area contributed by atoms with Gasteiger partial charge in [0.05, 0.1) is 0 Å². The van der Waals surface area contributed by atoms with Crippen LogP contribution >= 0.6 is 0 Å². The molecule has 7 heteroatoms. The summed E-state index contributed by atoms with van der Waals surface area (Å²) in [5, 5.41) is 0. The fourth-order valence-corrected chi connectivity index (χ4v) is 13.1. The fraction of sp³-hybridized carbons (Fsp3) is 0. The first-order valence-corrected chi connectivity index (χ1v) is 23.5. The maximum Gasteiger partial charge on any atom is 0.333 e. The Bertz CT molecular complexity index is 3510. The van der Waals surface area contributed by atoms with E-state index in [-0.39, 0.29) is 20.4 Å². The summed E-state index contributed by atoms with van der Waals surface area (Å²) in [7, 11) is 0. The predicted octanol–water partition coefficient (Wildman–Crippen LogP) is 9.91. The smallest absolute Gasteiger partial charge is 0.333 e. The first-order chi connectivity index (χ1) is 33.3. The normalized spacial score (nSPS) is 14.4. The standard InChI is InChI=1S/C60H37B3N4/c1-5-18-38(19-6-1)40-32-34-50-46(36-40)61-47-37-41(39-20-7-2-8-21-39)33-35-51(47)65-49-29-16-14-27-45(49)63-57-55-54-52(30-17-31-53(54)67(63)43-24-11-4-12-25-43)66(42-22-9-3-10-23-42)62-44-26-13-15-28-48(44)64(50)59(56(55)62)58(61)60(57)65/h1-37H. The second-order valence-electron chi connectivity index (χ2n) is 18.7. The van der Waals surface area contributed by atoms with Crippen molar-refractivity contribution in [3.63, 3.8) is 0 Å². The van der Waals surface area contributed by atoms with E-state index in [0.29, 0.717) is 0 Å². The van der Waals surface area contributed by atoms with Gasteiger partial charge in [-0.05, 0) is 127 Å². The molecule has 0 N–H and O–H groups in total. The first-order valence-electron chi connectivity index (χ1n) is 23.5. The van der Waals surface area contributed by atoms with Crippen LogP contribution in [0.2, 0.25) is 0 Å². The van der Waals surface area contributed by atoms with Crippen molar-refractivity contribution >= 4 is 116 Å². The van der Waals surface area contributed by atoms with Crippen LogP contribution in [0, 0.1) is 0 Å². The Labute approximate surface area is 390 Å². The summed E-state index contributed by atoms with van der Waals surface area (Å²) in [6.45, 7) is -0.217. The Morgan fingerprint density at radius 2 is 0.657 bits per heavy atom. The second-order valence-corrected chi connectivity index (χ2v) is 18.7. The molecule has 10 aromatic carbocycles. The van der Waals surface area contributed by atoms with Crippen LogP contribution in [0.1, 0.15) is 0 Å². The van der Waals surface area contributed by atoms with E-state index in [1.165, 1.54) is 128 Å². The highest BCUT2D eigenvalue weighted by Crippen LogP contribution is 2.56. The van der Waals surface area contributed by atoms with Crippen LogP contribution in [-0.2, 0) is 0 Å². The molecular formula is C60H37B3N4. The number of benzene rings is 10. The zero-order valence-corrected chi connectivity index (χ0v) is 36.4. The summed E-state index contributed by atoms with van der Waals surface area (Å²) < 4.78 is 0. The maximum atomic E-state index is 2.67. The average Bonchev–Trinajstić information content (AvgIpc) is 3.40. The molecule has 0 saturated carbocycles. The van der Waals surface area contributed by atoms with Crippen LogP contribution in [-0.4, -0.2) is 20.4 Å². The summed E-state index contributed by atoms with van der Waals surface area (Å²) in [6.07, 6.45) is 0. The minimum absolute atomic E-state index is 0.0536. The van der Waals surface area contributed by atoms with Gasteiger partial charge in [-0.2, -0.15) is 0 Å². The molecule has 0 aliphatic carbocycles. The molecule has 0 unspecified atom stereocenters. The molecule has 16 rings (SSSR count). The summed E-state index contributed by atoms with van der Waals surface area (Å²) in [4.78, 5) is 10.7. The zero-order valence-electron chi connectivity index (χ0n) is 36.4. The molecule has 0 atom stereocenters. The average molecular weight is 846 g/mol. The second kappa shape index (κ2) is 13.1. The lowest BCUT2D eigenvalue weighted by Crippen LogP contribution is -2.74. The number of rotatable bonds is 4. The zero-order chi connectivity index (χ0) is 43.5. The summed E-state index contributed by atoms with van der Waals surface area (Å²) in [5.74, 6) is 0. The van der Waals surface area contributed by atoms with Gasteiger partial charge < -0.3 is 19.4 Å². The molecule has 6 aliphatic heterocycles. The lowest BCUT2D eigenvalue weighted by Gasteiger charge is -2.56. The van der Waals surface area contributed by atoms with Gasteiger partial charge in [-0.3, -0.25) is 0 Å². The predicted molar refractivity (Wildman–Crippen MR) is 284 cm³/mol. The third-order valence-corrected chi connectivity index (χ3v) is 15.5. The molecule has 67 heavy (non-hydrogen) atoms. The van der Waals surface area contributed by atoms with Gasteiger partial charge in [0.15, 0.2) is 0 Å². The van der Waals surface area contributed by atoms with Crippen molar-refractivity contribution < 1.29 is 0 Å². The highest BCUT2D eigenvalue weighted by molar-refractivity contribution is 7.05. The van der Waals surface area contributed by atoms with Crippen molar-refractivity contribution in [2.45, 2.75) is 0 Å². The quantitative estimate of drug-likeness (QED) is 0.164. The number of fused-ring (bicyclic) bond motifs is 12. The fourth-order valence-electron chi connectivity index (χ4n) is 13.1. The molecule has 306 valence electrons. The first kappa shape index (κ1) is 35.9. The van der Waals surface area contributed by atoms with Gasteiger partial charge in [-0.25, -0.2) is 0 Å². The molecule has 4 nitrogen and oxygen atoms in total. The van der Waals surface area contributed by atoms with E-state index in [0.717, 1.165) is 0 Å². The Hall–Kier alpha value is -8.41.